The highest BCUT2D eigenvalue weighted by atomic mass is 16.2. The van der Waals surface area contributed by atoms with Crippen molar-refractivity contribution in [2.75, 3.05) is 32.7 Å². The summed E-state index contributed by atoms with van der Waals surface area (Å²) in [4.78, 5) is 18.8. The number of aromatic nitrogens is 3. The molecular formula is C20H37N7O. The molecule has 0 bridgehead atoms. The second-order valence-corrected chi connectivity index (χ2v) is 7.78. The summed E-state index contributed by atoms with van der Waals surface area (Å²) in [5.74, 6) is 2.66. The van der Waals surface area contributed by atoms with Crippen LogP contribution >= 0.6 is 0 Å². The van der Waals surface area contributed by atoms with Crippen molar-refractivity contribution in [3.05, 3.63) is 12.2 Å². The quantitative estimate of drug-likeness (QED) is 0.361. The van der Waals surface area contributed by atoms with Gasteiger partial charge in [-0.15, -0.1) is 10.2 Å². The molecule has 8 heteroatoms. The molecule has 8 nitrogen and oxygen atoms in total. The van der Waals surface area contributed by atoms with E-state index in [-0.39, 0.29) is 0 Å². The van der Waals surface area contributed by atoms with E-state index in [1.54, 1.807) is 6.33 Å². The Labute approximate surface area is 169 Å². The number of nitrogens with one attached hydrogen (secondary N) is 2. The maximum absolute atomic E-state index is 12.1. The molecule has 0 atom stereocenters. The number of hydrogen-bond donors (Lipinski definition) is 2. The van der Waals surface area contributed by atoms with Gasteiger partial charge in [-0.1, -0.05) is 27.2 Å². The molecule has 1 amide bonds. The SMILES string of the molecule is CCc1nncn1CCNC(=NCC(C)C)NCCCN1CCCCCC1=O. The summed E-state index contributed by atoms with van der Waals surface area (Å²) < 4.78 is 2.07. The van der Waals surface area contributed by atoms with Crippen molar-refractivity contribution >= 4 is 11.9 Å². The number of carbonyl (C=O) groups is 1. The number of hydrogen-bond acceptors (Lipinski definition) is 4. The number of aliphatic imine (C=N–C) groups is 1. The summed E-state index contributed by atoms with van der Waals surface area (Å²) in [5, 5.41) is 14.9. The standard InChI is InChI=1S/C20H37N7O/c1-4-18-25-24-16-27(18)14-11-22-20(23-15-17(2)3)21-10-8-13-26-12-7-5-6-9-19(26)28/h16-17H,4-15H2,1-3H3,(H2,21,22,23). The third-order valence-corrected chi connectivity index (χ3v) is 4.84. The normalized spacial score (nSPS) is 15.8. The Kier molecular flexibility index (Phi) is 9.79. The fourth-order valence-electron chi connectivity index (χ4n) is 3.23. The number of likely N-dealkylation sites (tertiary alicyclic amines) is 1. The van der Waals surface area contributed by atoms with Gasteiger partial charge < -0.3 is 20.1 Å². The lowest BCUT2D eigenvalue weighted by atomic mass is 10.2. The van der Waals surface area contributed by atoms with Gasteiger partial charge in [0.2, 0.25) is 5.91 Å². The largest absolute Gasteiger partial charge is 0.356 e. The number of rotatable bonds is 10. The molecule has 1 aromatic heterocycles. The van der Waals surface area contributed by atoms with Crippen LogP contribution in [0.4, 0.5) is 0 Å². The first-order valence-corrected chi connectivity index (χ1v) is 10.8. The predicted octanol–water partition coefficient (Wildman–Crippen LogP) is 1.82. The average molecular weight is 392 g/mol. The minimum atomic E-state index is 0.310. The van der Waals surface area contributed by atoms with E-state index in [1.165, 1.54) is 6.42 Å². The van der Waals surface area contributed by atoms with E-state index in [0.717, 1.165) is 76.7 Å². The first-order chi connectivity index (χ1) is 13.6. The van der Waals surface area contributed by atoms with Crippen LogP contribution in [0.15, 0.2) is 11.3 Å². The van der Waals surface area contributed by atoms with Gasteiger partial charge in [0.15, 0.2) is 5.96 Å². The molecule has 28 heavy (non-hydrogen) atoms. The molecule has 0 aromatic carbocycles. The molecule has 0 saturated carbocycles. The third kappa shape index (κ3) is 7.86. The van der Waals surface area contributed by atoms with E-state index in [4.69, 9.17) is 0 Å². The number of carbonyl (C=O) groups excluding carboxylic acids is 1. The Bertz CT molecular complexity index is 611. The van der Waals surface area contributed by atoms with Crippen molar-refractivity contribution in [3.8, 4) is 0 Å². The fraction of sp³-hybridized carbons (Fsp3) is 0.800. The van der Waals surface area contributed by atoms with Gasteiger partial charge in [-0.05, 0) is 25.2 Å². The first kappa shape index (κ1) is 22.2. The summed E-state index contributed by atoms with van der Waals surface area (Å²) in [5.41, 5.74) is 0. The van der Waals surface area contributed by atoms with E-state index in [9.17, 15) is 4.79 Å². The Morgan fingerprint density at radius 2 is 2.04 bits per heavy atom. The zero-order valence-electron chi connectivity index (χ0n) is 17.8. The van der Waals surface area contributed by atoms with Crippen molar-refractivity contribution in [1.29, 1.82) is 0 Å². The van der Waals surface area contributed by atoms with Crippen LogP contribution in [0, 0.1) is 5.92 Å². The molecule has 2 N–H and O–H groups in total. The molecule has 1 fully saturated rings. The highest BCUT2D eigenvalue weighted by Gasteiger charge is 2.15. The van der Waals surface area contributed by atoms with Crippen molar-refractivity contribution in [2.45, 2.75) is 65.8 Å². The fourth-order valence-corrected chi connectivity index (χ4v) is 3.23. The van der Waals surface area contributed by atoms with Crippen LogP contribution < -0.4 is 10.6 Å². The van der Waals surface area contributed by atoms with E-state index in [0.29, 0.717) is 18.2 Å². The van der Waals surface area contributed by atoms with Gasteiger partial charge in [0.05, 0.1) is 0 Å². The Hall–Kier alpha value is -2.12. The van der Waals surface area contributed by atoms with E-state index < -0.39 is 0 Å². The van der Waals surface area contributed by atoms with Crippen LogP contribution in [0.1, 0.15) is 58.7 Å². The van der Waals surface area contributed by atoms with Gasteiger partial charge in [0, 0.05) is 52.1 Å². The van der Waals surface area contributed by atoms with Crippen LogP contribution in [-0.2, 0) is 17.8 Å². The second-order valence-electron chi connectivity index (χ2n) is 7.78. The molecule has 1 aromatic rings. The van der Waals surface area contributed by atoms with Gasteiger partial charge in [0.25, 0.3) is 0 Å². The first-order valence-electron chi connectivity index (χ1n) is 10.8. The van der Waals surface area contributed by atoms with Crippen molar-refractivity contribution in [2.24, 2.45) is 10.9 Å². The van der Waals surface area contributed by atoms with Crippen LogP contribution in [0.3, 0.4) is 0 Å². The molecule has 2 rings (SSSR count). The Morgan fingerprint density at radius 3 is 2.82 bits per heavy atom. The van der Waals surface area contributed by atoms with Crippen LogP contribution in [-0.4, -0.2) is 64.3 Å². The Balaban J connectivity index is 1.75. The molecule has 2 heterocycles. The van der Waals surface area contributed by atoms with Crippen LogP contribution in [0.25, 0.3) is 0 Å². The van der Waals surface area contributed by atoms with E-state index in [1.807, 2.05) is 4.90 Å². The third-order valence-electron chi connectivity index (χ3n) is 4.84. The smallest absolute Gasteiger partial charge is 0.222 e. The highest BCUT2D eigenvalue weighted by molar-refractivity contribution is 5.79. The molecular weight excluding hydrogens is 354 g/mol. The van der Waals surface area contributed by atoms with Gasteiger partial charge >= 0.3 is 0 Å². The summed E-state index contributed by atoms with van der Waals surface area (Å²) in [6.07, 6.45) is 7.63. The predicted molar refractivity (Wildman–Crippen MR) is 112 cm³/mol. The lowest BCUT2D eigenvalue weighted by molar-refractivity contribution is -0.130. The summed E-state index contributed by atoms with van der Waals surface area (Å²) >= 11 is 0. The molecule has 0 spiro atoms. The highest BCUT2D eigenvalue weighted by Crippen LogP contribution is 2.11. The van der Waals surface area contributed by atoms with Gasteiger partial charge in [-0.2, -0.15) is 0 Å². The molecule has 158 valence electrons. The molecule has 0 aliphatic carbocycles. The maximum Gasteiger partial charge on any atom is 0.222 e. The minimum Gasteiger partial charge on any atom is -0.356 e. The number of aryl methyl sites for hydroxylation is 1. The maximum atomic E-state index is 12.1. The zero-order valence-corrected chi connectivity index (χ0v) is 17.8. The second kappa shape index (κ2) is 12.4. The minimum absolute atomic E-state index is 0.310. The molecule has 1 aliphatic rings. The number of guanidine groups is 1. The summed E-state index contributed by atoms with van der Waals surface area (Å²) in [7, 11) is 0. The lowest BCUT2D eigenvalue weighted by Gasteiger charge is -2.21. The molecule has 1 saturated heterocycles. The zero-order chi connectivity index (χ0) is 20.2. The number of nitrogens with zero attached hydrogens (tertiary/aromatic N) is 5. The summed E-state index contributed by atoms with van der Waals surface area (Å²) in [6.45, 7) is 11.3. The number of amides is 1. The average Bonchev–Trinajstić information content (AvgIpc) is 3.03. The lowest BCUT2D eigenvalue weighted by Crippen LogP contribution is -2.41. The Morgan fingerprint density at radius 1 is 1.21 bits per heavy atom. The van der Waals surface area contributed by atoms with Gasteiger partial charge in [0.1, 0.15) is 12.2 Å². The van der Waals surface area contributed by atoms with Gasteiger partial charge in [-0.25, -0.2) is 0 Å². The molecule has 0 unspecified atom stereocenters. The summed E-state index contributed by atoms with van der Waals surface area (Å²) in [6, 6.07) is 0. The van der Waals surface area contributed by atoms with Crippen LogP contribution in [0.5, 0.6) is 0 Å². The van der Waals surface area contributed by atoms with Crippen molar-refractivity contribution < 1.29 is 4.79 Å². The van der Waals surface area contributed by atoms with Gasteiger partial charge in [-0.3, -0.25) is 9.79 Å². The van der Waals surface area contributed by atoms with Crippen molar-refractivity contribution in [1.82, 2.24) is 30.3 Å². The van der Waals surface area contributed by atoms with Crippen molar-refractivity contribution in [3.63, 3.8) is 0 Å². The topological polar surface area (TPSA) is 87.4 Å². The van der Waals surface area contributed by atoms with E-state index in [2.05, 4.69) is 51.2 Å². The van der Waals surface area contributed by atoms with Crippen LogP contribution in [0.2, 0.25) is 0 Å². The monoisotopic (exact) mass is 391 g/mol. The molecule has 0 radical (unpaired) electrons. The molecule has 1 aliphatic heterocycles. The van der Waals surface area contributed by atoms with E-state index >= 15 is 0 Å².